The van der Waals surface area contributed by atoms with Crippen molar-refractivity contribution in [1.82, 2.24) is 9.78 Å². The highest BCUT2D eigenvalue weighted by Gasteiger charge is 2.21. The summed E-state index contributed by atoms with van der Waals surface area (Å²) in [5.74, 6) is 2.12. The number of aryl methyl sites for hydroxylation is 1. The highest BCUT2D eigenvalue weighted by atomic mass is 16.7. The molecular weight excluding hydrogens is 258 g/mol. The van der Waals surface area contributed by atoms with Gasteiger partial charge < -0.3 is 19.9 Å². The molecule has 20 heavy (non-hydrogen) atoms. The van der Waals surface area contributed by atoms with Crippen LogP contribution in [0, 0.1) is 0 Å². The minimum Gasteiger partial charge on any atom is -0.484 e. The highest BCUT2D eigenvalue weighted by Crippen LogP contribution is 2.36. The Morgan fingerprint density at radius 2 is 2.15 bits per heavy atom. The normalized spacial score (nSPS) is 15.9. The van der Waals surface area contributed by atoms with Crippen molar-refractivity contribution in [2.75, 3.05) is 6.79 Å². The highest BCUT2D eigenvalue weighted by molar-refractivity contribution is 5.47. The van der Waals surface area contributed by atoms with Crippen LogP contribution in [0.3, 0.4) is 0 Å². The number of nitrogens with zero attached hydrogens (tertiary/aromatic N) is 2. The van der Waals surface area contributed by atoms with Crippen molar-refractivity contribution < 1.29 is 14.2 Å². The van der Waals surface area contributed by atoms with E-state index in [1.54, 1.807) is 10.9 Å². The number of nitrogens with two attached hydrogens (primary N) is 1. The Balaban J connectivity index is 1.83. The molecule has 1 aliphatic heterocycles. The number of hydrogen-bond acceptors (Lipinski definition) is 5. The number of aromatic nitrogens is 2. The maximum atomic E-state index is 6.02. The van der Waals surface area contributed by atoms with Crippen LogP contribution >= 0.6 is 0 Å². The van der Waals surface area contributed by atoms with Gasteiger partial charge in [-0.1, -0.05) is 0 Å². The van der Waals surface area contributed by atoms with Crippen LogP contribution in [-0.2, 0) is 7.05 Å². The smallest absolute Gasteiger partial charge is 0.231 e. The number of fused-ring (bicyclic) bond motifs is 1. The van der Waals surface area contributed by atoms with Crippen LogP contribution in [0.1, 0.15) is 18.6 Å². The molecule has 1 aromatic heterocycles. The monoisotopic (exact) mass is 275 g/mol. The average molecular weight is 275 g/mol. The van der Waals surface area contributed by atoms with Gasteiger partial charge in [-0.3, -0.25) is 4.68 Å². The van der Waals surface area contributed by atoms with Gasteiger partial charge >= 0.3 is 0 Å². The molecule has 0 fully saturated rings. The molecule has 0 bridgehead atoms. The lowest BCUT2D eigenvalue weighted by Crippen LogP contribution is -2.28. The SMILES string of the molecule is CC(N)C(Oc1ccc2c(c1)OCO2)c1cnn(C)c1. The molecule has 106 valence electrons. The zero-order chi connectivity index (χ0) is 14.1. The second-order valence-electron chi connectivity index (χ2n) is 4.86. The van der Waals surface area contributed by atoms with Gasteiger partial charge in [-0.2, -0.15) is 5.10 Å². The standard InChI is InChI=1S/C14H17N3O3/c1-9(15)14(10-6-16-17(2)7-10)20-11-3-4-12-13(5-11)19-8-18-12/h3-7,9,14H,8,15H2,1-2H3. The first-order valence-electron chi connectivity index (χ1n) is 6.44. The third-order valence-electron chi connectivity index (χ3n) is 3.14. The Morgan fingerprint density at radius 1 is 1.35 bits per heavy atom. The molecule has 6 nitrogen and oxygen atoms in total. The van der Waals surface area contributed by atoms with Crippen molar-refractivity contribution in [2.24, 2.45) is 12.8 Å². The van der Waals surface area contributed by atoms with Crippen LogP contribution in [0.5, 0.6) is 17.2 Å². The summed E-state index contributed by atoms with van der Waals surface area (Å²) in [6.45, 7) is 2.16. The average Bonchev–Trinajstić information content (AvgIpc) is 3.03. The van der Waals surface area contributed by atoms with Crippen molar-refractivity contribution in [3.05, 3.63) is 36.2 Å². The van der Waals surface area contributed by atoms with E-state index < -0.39 is 0 Å². The van der Waals surface area contributed by atoms with Gasteiger partial charge in [0, 0.05) is 30.9 Å². The quantitative estimate of drug-likeness (QED) is 0.918. The summed E-state index contributed by atoms with van der Waals surface area (Å²) >= 11 is 0. The minimum atomic E-state index is -0.260. The van der Waals surface area contributed by atoms with Crippen LogP contribution in [0.2, 0.25) is 0 Å². The topological polar surface area (TPSA) is 71.5 Å². The summed E-state index contributed by atoms with van der Waals surface area (Å²) in [6, 6.07) is 5.33. The Labute approximate surface area is 117 Å². The third kappa shape index (κ3) is 2.42. The minimum absolute atomic E-state index is 0.162. The molecule has 0 saturated heterocycles. The van der Waals surface area contributed by atoms with Crippen molar-refractivity contribution in [3.8, 4) is 17.2 Å². The summed E-state index contributed by atoms with van der Waals surface area (Å²) in [5, 5.41) is 4.16. The predicted molar refractivity (Wildman–Crippen MR) is 72.8 cm³/mol. The fourth-order valence-corrected chi connectivity index (χ4v) is 2.16. The van der Waals surface area contributed by atoms with Gasteiger partial charge in [0.15, 0.2) is 11.5 Å². The van der Waals surface area contributed by atoms with Crippen molar-refractivity contribution >= 4 is 0 Å². The van der Waals surface area contributed by atoms with E-state index in [2.05, 4.69) is 5.10 Å². The van der Waals surface area contributed by atoms with E-state index in [0.29, 0.717) is 11.5 Å². The fourth-order valence-electron chi connectivity index (χ4n) is 2.16. The molecule has 3 rings (SSSR count). The molecule has 2 heterocycles. The first-order chi connectivity index (χ1) is 9.63. The van der Waals surface area contributed by atoms with Crippen molar-refractivity contribution in [1.29, 1.82) is 0 Å². The molecule has 0 amide bonds. The van der Waals surface area contributed by atoms with Crippen LogP contribution in [0.25, 0.3) is 0 Å². The summed E-state index contributed by atoms with van der Waals surface area (Å²) < 4.78 is 18.3. The van der Waals surface area contributed by atoms with Crippen LogP contribution in [0.4, 0.5) is 0 Å². The molecule has 1 aromatic carbocycles. The molecule has 2 aromatic rings. The van der Waals surface area contributed by atoms with E-state index in [0.717, 1.165) is 11.3 Å². The Bertz CT molecular complexity index is 609. The Hall–Kier alpha value is -2.21. The summed E-state index contributed by atoms with van der Waals surface area (Å²) in [4.78, 5) is 0. The van der Waals surface area contributed by atoms with Gasteiger partial charge in [0.25, 0.3) is 0 Å². The molecule has 0 spiro atoms. The van der Waals surface area contributed by atoms with Gasteiger partial charge in [-0.05, 0) is 19.1 Å². The molecule has 0 aliphatic carbocycles. The Kier molecular flexibility index (Phi) is 3.23. The molecule has 0 radical (unpaired) electrons. The maximum Gasteiger partial charge on any atom is 0.231 e. The number of benzene rings is 1. The fraction of sp³-hybridized carbons (Fsp3) is 0.357. The molecule has 2 atom stereocenters. The largest absolute Gasteiger partial charge is 0.484 e. The molecule has 2 unspecified atom stereocenters. The second kappa shape index (κ2) is 5.05. The Morgan fingerprint density at radius 3 is 2.85 bits per heavy atom. The molecule has 1 aliphatic rings. The van der Waals surface area contributed by atoms with E-state index in [4.69, 9.17) is 19.9 Å². The van der Waals surface area contributed by atoms with Crippen LogP contribution in [-0.4, -0.2) is 22.6 Å². The zero-order valence-electron chi connectivity index (χ0n) is 11.4. The van der Waals surface area contributed by atoms with E-state index in [9.17, 15) is 0 Å². The predicted octanol–water partition coefficient (Wildman–Crippen LogP) is 1.62. The van der Waals surface area contributed by atoms with Gasteiger partial charge in [0.1, 0.15) is 11.9 Å². The summed E-state index contributed by atoms with van der Waals surface area (Å²) in [7, 11) is 1.86. The second-order valence-corrected chi connectivity index (χ2v) is 4.86. The van der Waals surface area contributed by atoms with E-state index in [1.807, 2.05) is 38.4 Å². The lowest BCUT2D eigenvalue weighted by molar-refractivity contribution is 0.171. The molecule has 6 heteroatoms. The zero-order valence-corrected chi connectivity index (χ0v) is 11.4. The molecule has 0 saturated carbocycles. The number of ether oxygens (including phenoxy) is 3. The summed E-state index contributed by atoms with van der Waals surface area (Å²) in [5.41, 5.74) is 6.97. The lowest BCUT2D eigenvalue weighted by atomic mass is 10.1. The first kappa shape index (κ1) is 12.8. The van der Waals surface area contributed by atoms with Gasteiger partial charge in [0.2, 0.25) is 6.79 Å². The van der Waals surface area contributed by atoms with Crippen LogP contribution in [0.15, 0.2) is 30.6 Å². The molecular formula is C14H17N3O3. The number of rotatable bonds is 4. The van der Waals surface area contributed by atoms with E-state index in [-0.39, 0.29) is 18.9 Å². The summed E-state index contributed by atoms with van der Waals surface area (Å²) in [6.07, 6.45) is 3.41. The number of hydrogen-bond donors (Lipinski definition) is 1. The van der Waals surface area contributed by atoms with Gasteiger partial charge in [-0.15, -0.1) is 0 Å². The van der Waals surface area contributed by atoms with Crippen molar-refractivity contribution in [3.63, 3.8) is 0 Å². The lowest BCUT2D eigenvalue weighted by Gasteiger charge is -2.21. The van der Waals surface area contributed by atoms with E-state index in [1.165, 1.54) is 0 Å². The third-order valence-corrected chi connectivity index (χ3v) is 3.14. The van der Waals surface area contributed by atoms with Crippen LogP contribution < -0.4 is 19.9 Å². The van der Waals surface area contributed by atoms with E-state index >= 15 is 0 Å². The van der Waals surface area contributed by atoms with Gasteiger partial charge in [-0.25, -0.2) is 0 Å². The first-order valence-corrected chi connectivity index (χ1v) is 6.44. The molecule has 2 N–H and O–H groups in total. The maximum absolute atomic E-state index is 6.02. The van der Waals surface area contributed by atoms with Gasteiger partial charge in [0.05, 0.1) is 6.20 Å². The van der Waals surface area contributed by atoms with Crippen molar-refractivity contribution in [2.45, 2.75) is 19.1 Å².